The minimum Gasteiger partial charge on any atom is -0.378 e. The van der Waals surface area contributed by atoms with Crippen LogP contribution < -0.4 is 4.90 Å². The predicted molar refractivity (Wildman–Crippen MR) is 91.7 cm³/mol. The lowest BCUT2D eigenvalue weighted by Crippen LogP contribution is -2.40. The lowest BCUT2D eigenvalue weighted by Gasteiger charge is -2.34. The molecule has 0 aliphatic carbocycles. The van der Waals surface area contributed by atoms with Crippen molar-refractivity contribution in [3.05, 3.63) is 48.2 Å². The van der Waals surface area contributed by atoms with Gasteiger partial charge in [-0.1, -0.05) is 0 Å². The van der Waals surface area contributed by atoms with E-state index in [1.165, 1.54) is 18.4 Å². The number of hydrogen-bond acceptors (Lipinski definition) is 6. The molecule has 6 nitrogen and oxygen atoms in total. The van der Waals surface area contributed by atoms with Gasteiger partial charge in [-0.15, -0.1) is 0 Å². The Morgan fingerprint density at radius 2 is 1.88 bits per heavy atom. The lowest BCUT2D eigenvalue weighted by atomic mass is 10.1. The van der Waals surface area contributed by atoms with Gasteiger partial charge in [0.2, 0.25) is 0 Å². The first-order chi connectivity index (χ1) is 11.9. The fourth-order valence-electron chi connectivity index (χ4n) is 3.43. The van der Waals surface area contributed by atoms with Gasteiger partial charge in [0.05, 0.1) is 19.3 Å². The van der Waals surface area contributed by atoms with E-state index >= 15 is 0 Å². The standard InChI is InChI=1S/C18H23N5O/c1-2-10-22(9-1)17-5-8-20-18(21-17)16-14-24-12-11-23(16)13-15-3-6-19-7-4-15/h3-8,16H,1-2,9-14H2/t16-/m1/s1. The van der Waals surface area contributed by atoms with E-state index in [2.05, 4.69) is 31.9 Å². The second-order valence-corrected chi connectivity index (χ2v) is 6.38. The van der Waals surface area contributed by atoms with Crippen molar-refractivity contribution in [2.45, 2.75) is 25.4 Å². The molecule has 4 heterocycles. The van der Waals surface area contributed by atoms with Crippen LogP contribution in [-0.2, 0) is 11.3 Å². The SMILES string of the molecule is c1cc(CN2CCOC[C@@H]2c2nccc(N3CCCC3)n2)ccn1. The number of aromatic nitrogens is 3. The highest BCUT2D eigenvalue weighted by atomic mass is 16.5. The molecule has 4 rings (SSSR count). The smallest absolute Gasteiger partial charge is 0.150 e. The average molecular weight is 325 g/mol. The third-order valence-corrected chi connectivity index (χ3v) is 4.76. The van der Waals surface area contributed by atoms with Crippen molar-refractivity contribution in [1.82, 2.24) is 19.9 Å². The first-order valence-electron chi connectivity index (χ1n) is 8.69. The van der Waals surface area contributed by atoms with Gasteiger partial charge in [-0.05, 0) is 36.6 Å². The number of nitrogens with zero attached hydrogens (tertiary/aromatic N) is 5. The Kier molecular flexibility index (Phi) is 4.66. The molecule has 2 aromatic rings. The molecule has 126 valence electrons. The van der Waals surface area contributed by atoms with Crippen molar-refractivity contribution >= 4 is 5.82 Å². The van der Waals surface area contributed by atoms with E-state index in [1.807, 2.05) is 24.7 Å². The van der Waals surface area contributed by atoms with Gasteiger partial charge in [0.15, 0.2) is 0 Å². The Hall–Kier alpha value is -2.05. The van der Waals surface area contributed by atoms with Crippen molar-refractivity contribution in [3.8, 4) is 0 Å². The zero-order valence-corrected chi connectivity index (χ0v) is 13.8. The highest BCUT2D eigenvalue weighted by Crippen LogP contribution is 2.25. The van der Waals surface area contributed by atoms with E-state index in [-0.39, 0.29) is 6.04 Å². The summed E-state index contributed by atoms with van der Waals surface area (Å²) < 4.78 is 5.72. The molecular formula is C18H23N5O. The van der Waals surface area contributed by atoms with Crippen molar-refractivity contribution in [3.63, 3.8) is 0 Å². The first kappa shape index (κ1) is 15.5. The minimum atomic E-state index is 0.106. The Morgan fingerprint density at radius 1 is 1.04 bits per heavy atom. The fourth-order valence-corrected chi connectivity index (χ4v) is 3.43. The second-order valence-electron chi connectivity index (χ2n) is 6.38. The monoisotopic (exact) mass is 325 g/mol. The van der Waals surface area contributed by atoms with Crippen LogP contribution in [0, 0.1) is 0 Å². The first-order valence-corrected chi connectivity index (χ1v) is 8.69. The summed E-state index contributed by atoms with van der Waals surface area (Å²) in [6.45, 7) is 5.36. The summed E-state index contributed by atoms with van der Waals surface area (Å²) in [4.78, 5) is 18.3. The van der Waals surface area contributed by atoms with E-state index in [4.69, 9.17) is 9.72 Å². The third-order valence-electron chi connectivity index (χ3n) is 4.76. The maximum atomic E-state index is 5.72. The largest absolute Gasteiger partial charge is 0.378 e. The molecule has 2 aliphatic rings. The second kappa shape index (κ2) is 7.23. The summed E-state index contributed by atoms with van der Waals surface area (Å²) in [5, 5.41) is 0. The Balaban J connectivity index is 1.55. The molecule has 0 saturated carbocycles. The number of anilines is 1. The van der Waals surface area contributed by atoms with E-state index in [9.17, 15) is 0 Å². The highest BCUT2D eigenvalue weighted by Gasteiger charge is 2.27. The summed E-state index contributed by atoms with van der Waals surface area (Å²) >= 11 is 0. The Labute approximate surface area is 142 Å². The molecule has 2 saturated heterocycles. The maximum absolute atomic E-state index is 5.72. The van der Waals surface area contributed by atoms with Crippen LogP contribution in [-0.4, -0.2) is 52.7 Å². The van der Waals surface area contributed by atoms with Crippen LogP contribution in [0.5, 0.6) is 0 Å². The predicted octanol–water partition coefficient (Wildman–Crippen LogP) is 2.05. The fraction of sp³-hybridized carbons (Fsp3) is 0.500. The van der Waals surface area contributed by atoms with Crippen LogP contribution >= 0.6 is 0 Å². The molecule has 24 heavy (non-hydrogen) atoms. The average Bonchev–Trinajstić information content (AvgIpc) is 3.18. The molecule has 2 fully saturated rings. The third kappa shape index (κ3) is 3.39. The van der Waals surface area contributed by atoms with Crippen LogP contribution in [0.2, 0.25) is 0 Å². The van der Waals surface area contributed by atoms with Gasteiger partial charge in [0, 0.05) is 44.8 Å². The van der Waals surface area contributed by atoms with Gasteiger partial charge in [-0.25, -0.2) is 9.97 Å². The van der Waals surface area contributed by atoms with Crippen molar-refractivity contribution < 1.29 is 4.74 Å². The highest BCUT2D eigenvalue weighted by molar-refractivity contribution is 5.38. The van der Waals surface area contributed by atoms with E-state index < -0.39 is 0 Å². The quantitative estimate of drug-likeness (QED) is 0.857. The molecule has 0 amide bonds. The number of hydrogen-bond donors (Lipinski definition) is 0. The summed E-state index contributed by atoms with van der Waals surface area (Å²) in [5.41, 5.74) is 1.26. The van der Waals surface area contributed by atoms with Crippen LogP contribution in [0.25, 0.3) is 0 Å². The maximum Gasteiger partial charge on any atom is 0.150 e. The lowest BCUT2D eigenvalue weighted by molar-refractivity contribution is -0.0159. The molecule has 0 aromatic carbocycles. The number of ether oxygens (including phenoxy) is 1. The molecule has 2 aromatic heterocycles. The van der Waals surface area contributed by atoms with Gasteiger partial charge < -0.3 is 9.64 Å². The number of pyridine rings is 1. The van der Waals surface area contributed by atoms with E-state index in [0.29, 0.717) is 6.61 Å². The summed E-state index contributed by atoms with van der Waals surface area (Å²) in [6.07, 6.45) is 8.07. The summed E-state index contributed by atoms with van der Waals surface area (Å²) in [5.74, 6) is 1.92. The van der Waals surface area contributed by atoms with Crippen molar-refractivity contribution in [1.29, 1.82) is 0 Å². The summed E-state index contributed by atoms with van der Waals surface area (Å²) in [7, 11) is 0. The van der Waals surface area contributed by atoms with Crippen molar-refractivity contribution in [2.24, 2.45) is 0 Å². The van der Waals surface area contributed by atoms with Gasteiger partial charge >= 0.3 is 0 Å². The Morgan fingerprint density at radius 3 is 2.71 bits per heavy atom. The molecule has 2 aliphatic heterocycles. The van der Waals surface area contributed by atoms with E-state index in [1.54, 1.807) is 0 Å². The van der Waals surface area contributed by atoms with Gasteiger partial charge in [-0.3, -0.25) is 9.88 Å². The Bertz CT molecular complexity index is 659. The van der Waals surface area contributed by atoms with Crippen molar-refractivity contribution in [2.75, 3.05) is 37.7 Å². The van der Waals surface area contributed by atoms with E-state index in [0.717, 1.165) is 44.4 Å². The number of rotatable bonds is 4. The normalized spacial score (nSPS) is 22.0. The summed E-state index contributed by atoms with van der Waals surface area (Å²) in [6, 6.07) is 6.25. The van der Waals surface area contributed by atoms with Gasteiger partial charge in [0.25, 0.3) is 0 Å². The molecule has 1 atom stereocenters. The molecule has 0 bridgehead atoms. The molecule has 0 spiro atoms. The molecule has 0 radical (unpaired) electrons. The molecular weight excluding hydrogens is 302 g/mol. The molecule has 6 heteroatoms. The van der Waals surface area contributed by atoms with Gasteiger partial charge in [-0.2, -0.15) is 0 Å². The zero-order chi connectivity index (χ0) is 16.2. The van der Waals surface area contributed by atoms with Crippen LogP contribution in [0.1, 0.15) is 30.3 Å². The zero-order valence-electron chi connectivity index (χ0n) is 13.8. The van der Waals surface area contributed by atoms with Crippen LogP contribution in [0.15, 0.2) is 36.8 Å². The van der Waals surface area contributed by atoms with Crippen LogP contribution in [0.3, 0.4) is 0 Å². The van der Waals surface area contributed by atoms with Crippen LogP contribution in [0.4, 0.5) is 5.82 Å². The minimum absolute atomic E-state index is 0.106. The number of morpholine rings is 1. The van der Waals surface area contributed by atoms with Gasteiger partial charge in [0.1, 0.15) is 11.6 Å². The molecule has 0 unspecified atom stereocenters. The molecule has 0 N–H and O–H groups in total. The topological polar surface area (TPSA) is 54.4 Å².